The first-order chi connectivity index (χ1) is 7.92. The molecule has 0 spiro atoms. The number of nitrogens with zero attached hydrogens (tertiary/aromatic N) is 1. The largest absolute Gasteiger partial charge is 0.314 e. The van der Waals surface area contributed by atoms with Crippen LogP contribution in [0.2, 0.25) is 0 Å². The van der Waals surface area contributed by atoms with Crippen molar-refractivity contribution in [3.8, 4) is 0 Å². The van der Waals surface area contributed by atoms with Crippen molar-refractivity contribution in [2.75, 3.05) is 26.2 Å². The standard InChI is InChI=1S/C14H28N2/c1-2-14(16-11-9-15-10-12-16)13-7-5-3-4-6-8-13/h13-15H,2-12H2,1H3. The summed E-state index contributed by atoms with van der Waals surface area (Å²) in [5.41, 5.74) is 0. The van der Waals surface area contributed by atoms with Crippen molar-refractivity contribution in [1.82, 2.24) is 10.2 Å². The molecule has 1 atom stereocenters. The summed E-state index contributed by atoms with van der Waals surface area (Å²) in [4.78, 5) is 2.76. The maximum Gasteiger partial charge on any atom is 0.0122 e. The Balaban J connectivity index is 1.90. The van der Waals surface area contributed by atoms with Gasteiger partial charge in [0.15, 0.2) is 0 Å². The molecule has 2 heteroatoms. The Morgan fingerprint density at radius 3 is 2.25 bits per heavy atom. The van der Waals surface area contributed by atoms with E-state index in [4.69, 9.17) is 0 Å². The normalized spacial score (nSPS) is 27.6. The summed E-state index contributed by atoms with van der Waals surface area (Å²) >= 11 is 0. The predicted molar refractivity (Wildman–Crippen MR) is 69.7 cm³/mol. The summed E-state index contributed by atoms with van der Waals surface area (Å²) in [6.07, 6.45) is 10.2. The predicted octanol–water partition coefficient (Wildman–Crippen LogP) is 2.64. The van der Waals surface area contributed by atoms with Crippen molar-refractivity contribution >= 4 is 0 Å². The van der Waals surface area contributed by atoms with Crippen LogP contribution in [0.5, 0.6) is 0 Å². The third-order valence-corrected chi connectivity index (χ3v) is 4.48. The highest BCUT2D eigenvalue weighted by atomic mass is 15.2. The van der Waals surface area contributed by atoms with Crippen LogP contribution in [0, 0.1) is 5.92 Å². The molecule has 2 fully saturated rings. The van der Waals surface area contributed by atoms with E-state index in [1.807, 2.05) is 0 Å². The second kappa shape index (κ2) is 6.61. The van der Waals surface area contributed by atoms with E-state index in [1.165, 1.54) is 71.1 Å². The summed E-state index contributed by atoms with van der Waals surface area (Å²) in [6, 6.07) is 0.875. The van der Waals surface area contributed by atoms with Crippen molar-refractivity contribution in [1.29, 1.82) is 0 Å². The molecule has 2 rings (SSSR count). The van der Waals surface area contributed by atoms with Crippen molar-refractivity contribution in [3.63, 3.8) is 0 Å². The SMILES string of the molecule is CCC(C1CCCCCC1)N1CCNCC1. The van der Waals surface area contributed by atoms with Crippen LogP contribution in [-0.4, -0.2) is 37.1 Å². The molecular formula is C14H28N2. The molecule has 0 bridgehead atoms. The number of hydrogen-bond donors (Lipinski definition) is 1. The zero-order valence-electron chi connectivity index (χ0n) is 10.9. The Bertz CT molecular complexity index is 179. The van der Waals surface area contributed by atoms with Crippen LogP contribution in [0.25, 0.3) is 0 Å². The van der Waals surface area contributed by atoms with Gasteiger partial charge >= 0.3 is 0 Å². The fourth-order valence-electron chi connectivity index (χ4n) is 3.60. The molecule has 0 aromatic rings. The zero-order valence-corrected chi connectivity index (χ0v) is 10.9. The third kappa shape index (κ3) is 3.21. The number of nitrogens with one attached hydrogen (secondary N) is 1. The number of hydrogen-bond acceptors (Lipinski definition) is 2. The van der Waals surface area contributed by atoms with Gasteiger partial charge in [-0.25, -0.2) is 0 Å². The van der Waals surface area contributed by atoms with Crippen molar-refractivity contribution in [2.45, 2.75) is 57.9 Å². The second-order valence-electron chi connectivity index (χ2n) is 5.51. The summed E-state index contributed by atoms with van der Waals surface area (Å²) in [5, 5.41) is 3.47. The molecule has 2 aliphatic rings. The molecular weight excluding hydrogens is 196 g/mol. The molecule has 1 saturated carbocycles. The molecule has 1 aliphatic heterocycles. The summed E-state index contributed by atoms with van der Waals surface area (Å²) in [5.74, 6) is 0.991. The van der Waals surface area contributed by atoms with Crippen molar-refractivity contribution < 1.29 is 0 Å². The van der Waals surface area contributed by atoms with Crippen LogP contribution in [0.4, 0.5) is 0 Å². The lowest BCUT2D eigenvalue weighted by Gasteiger charge is -2.39. The molecule has 0 radical (unpaired) electrons. The monoisotopic (exact) mass is 224 g/mol. The molecule has 1 N–H and O–H groups in total. The van der Waals surface area contributed by atoms with Gasteiger partial charge in [-0.3, -0.25) is 4.90 Å². The molecule has 0 aromatic carbocycles. The molecule has 1 heterocycles. The van der Waals surface area contributed by atoms with E-state index in [1.54, 1.807) is 0 Å². The molecule has 2 nitrogen and oxygen atoms in total. The Kier molecular flexibility index (Phi) is 5.11. The average molecular weight is 224 g/mol. The van der Waals surface area contributed by atoms with Crippen LogP contribution >= 0.6 is 0 Å². The topological polar surface area (TPSA) is 15.3 Å². The van der Waals surface area contributed by atoms with Gasteiger partial charge in [-0.05, 0) is 25.2 Å². The smallest absolute Gasteiger partial charge is 0.0122 e. The van der Waals surface area contributed by atoms with Crippen molar-refractivity contribution in [2.24, 2.45) is 5.92 Å². The Morgan fingerprint density at radius 1 is 1.06 bits per heavy atom. The van der Waals surface area contributed by atoms with Gasteiger partial charge in [0.2, 0.25) is 0 Å². The molecule has 0 amide bonds. The van der Waals surface area contributed by atoms with E-state index < -0.39 is 0 Å². The second-order valence-corrected chi connectivity index (χ2v) is 5.51. The van der Waals surface area contributed by atoms with Gasteiger partial charge in [-0.15, -0.1) is 0 Å². The van der Waals surface area contributed by atoms with Crippen LogP contribution < -0.4 is 5.32 Å². The lowest BCUT2D eigenvalue weighted by molar-refractivity contribution is 0.112. The van der Waals surface area contributed by atoms with Gasteiger partial charge in [0, 0.05) is 32.2 Å². The Hall–Kier alpha value is -0.0800. The van der Waals surface area contributed by atoms with E-state index in [2.05, 4.69) is 17.1 Å². The van der Waals surface area contributed by atoms with E-state index >= 15 is 0 Å². The van der Waals surface area contributed by atoms with Gasteiger partial charge in [-0.1, -0.05) is 32.6 Å². The van der Waals surface area contributed by atoms with Gasteiger partial charge in [0.05, 0.1) is 0 Å². The van der Waals surface area contributed by atoms with E-state index in [0.717, 1.165) is 12.0 Å². The van der Waals surface area contributed by atoms with Crippen LogP contribution in [0.3, 0.4) is 0 Å². The molecule has 16 heavy (non-hydrogen) atoms. The highest BCUT2D eigenvalue weighted by molar-refractivity contribution is 4.82. The van der Waals surface area contributed by atoms with Crippen LogP contribution in [-0.2, 0) is 0 Å². The Labute approximate surface area is 101 Å². The summed E-state index contributed by atoms with van der Waals surface area (Å²) in [7, 11) is 0. The molecule has 1 aliphatic carbocycles. The van der Waals surface area contributed by atoms with Gasteiger partial charge < -0.3 is 5.32 Å². The van der Waals surface area contributed by atoms with E-state index in [0.29, 0.717) is 0 Å². The first-order valence-electron chi connectivity index (χ1n) is 7.36. The minimum Gasteiger partial charge on any atom is -0.314 e. The average Bonchev–Trinajstić information content (AvgIpc) is 2.61. The van der Waals surface area contributed by atoms with Crippen LogP contribution in [0.15, 0.2) is 0 Å². The lowest BCUT2D eigenvalue weighted by Crippen LogP contribution is -2.50. The maximum absolute atomic E-state index is 3.47. The first-order valence-corrected chi connectivity index (χ1v) is 7.36. The van der Waals surface area contributed by atoms with E-state index in [9.17, 15) is 0 Å². The minimum absolute atomic E-state index is 0.875. The van der Waals surface area contributed by atoms with Gasteiger partial charge in [0.1, 0.15) is 0 Å². The number of piperazine rings is 1. The highest BCUT2D eigenvalue weighted by Crippen LogP contribution is 2.29. The summed E-state index contributed by atoms with van der Waals surface area (Å²) in [6.45, 7) is 7.33. The third-order valence-electron chi connectivity index (χ3n) is 4.48. The van der Waals surface area contributed by atoms with Crippen LogP contribution in [0.1, 0.15) is 51.9 Å². The lowest BCUT2D eigenvalue weighted by atomic mass is 9.88. The van der Waals surface area contributed by atoms with Gasteiger partial charge in [-0.2, -0.15) is 0 Å². The van der Waals surface area contributed by atoms with Crippen molar-refractivity contribution in [3.05, 3.63) is 0 Å². The molecule has 94 valence electrons. The fraction of sp³-hybridized carbons (Fsp3) is 1.00. The molecule has 0 aromatic heterocycles. The summed E-state index contributed by atoms with van der Waals surface area (Å²) < 4.78 is 0. The fourth-order valence-corrected chi connectivity index (χ4v) is 3.60. The maximum atomic E-state index is 3.47. The number of rotatable bonds is 3. The Morgan fingerprint density at radius 2 is 1.69 bits per heavy atom. The molecule has 1 saturated heterocycles. The quantitative estimate of drug-likeness (QED) is 0.741. The first kappa shape index (κ1) is 12.4. The molecule has 1 unspecified atom stereocenters. The highest BCUT2D eigenvalue weighted by Gasteiger charge is 2.27. The zero-order chi connectivity index (χ0) is 11.2. The van der Waals surface area contributed by atoms with E-state index in [-0.39, 0.29) is 0 Å². The minimum atomic E-state index is 0.875. The van der Waals surface area contributed by atoms with Gasteiger partial charge in [0.25, 0.3) is 0 Å².